The fourth-order valence-corrected chi connectivity index (χ4v) is 9.38. The van der Waals surface area contributed by atoms with Gasteiger partial charge in [-0.15, -0.1) is 17.0 Å². The molecular weight excluding hydrogens is 435 g/mol. The molecule has 0 bridgehead atoms. The summed E-state index contributed by atoms with van der Waals surface area (Å²) in [6, 6.07) is 33.9. The van der Waals surface area contributed by atoms with Gasteiger partial charge in [0.2, 0.25) is 0 Å². The second kappa shape index (κ2) is 13.0. The normalized spacial score (nSPS) is 11.6. The molecule has 3 aromatic rings. The van der Waals surface area contributed by atoms with Gasteiger partial charge in [-0.2, -0.15) is 0 Å². The summed E-state index contributed by atoms with van der Waals surface area (Å²) >= 11 is 0. The van der Waals surface area contributed by atoms with Crippen molar-refractivity contribution in [1.82, 2.24) is 0 Å². The van der Waals surface area contributed by atoms with Crippen molar-refractivity contribution in [3.63, 3.8) is 0 Å². The molecule has 0 saturated carbocycles. The van der Waals surface area contributed by atoms with E-state index in [2.05, 4.69) is 97.9 Å². The Morgan fingerprint density at radius 2 is 0.828 bits per heavy atom. The Morgan fingerprint density at radius 3 is 1.21 bits per heavy atom. The number of halogens is 1. The van der Waals surface area contributed by atoms with E-state index in [1.165, 1.54) is 51.1 Å². The molecule has 0 aromatic heterocycles. The molecule has 0 fully saturated rings. The van der Waals surface area contributed by atoms with Gasteiger partial charge in [-0.25, -0.2) is 0 Å². The van der Waals surface area contributed by atoms with E-state index in [1.54, 1.807) is 15.9 Å². The Bertz CT molecular complexity index is 690. The van der Waals surface area contributed by atoms with E-state index in [1.807, 2.05) is 0 Å². The van der Waals surface area contributed by atoms with Crippen molar-refractivity contribution in [2.45, 2.75) is 51.9 Å². The molecule has 0 amide bonds. The van der Waals surface area contributed by atoms with Crippen LogP contribution in [0.2, 0.25) is 0 Å². The summed E-state index contributed by atoms with van der Waals surface area (Å²) in [6.45, 7) is 2.29. The van der Waals surface area contributed by atoms with Gasteiger partial charge in [-0.1, -0.05) is 0 Å². The van der Waals surface area contributed by atoms with Gasteiger partial charge < -0.3 is 0 Å². The van der Waals surface area contributed by atoms with E-state index < -0.39 is 7.26 Å². The van der Waals surface area contributed by atoms with Gasteiger partial charge in [-0.3, -0.25) is 0 Å². The van der Waals surface area contributed by atoms with Gasteiger partial charge in [0.15, 0.2) is 0 Å². The van der Waals surface area contributed by atoms with Crippen LogP contribution in [0.3, 0.4) is 0 Å². The van der Waals surface area contributed by atoms with Gasteiger partial charge in [0.05, 0.1) is 0 Å². The SMILES string of the molecule is Br.CCCCCCCCC[PH](c1ccccc1)(c1ccccc1)c1ccccc1. The monoisotopic (exact) mass is 470 g/mol. The van der Waals surface area contributed by atoms with E-state index in [0.29, 0.717) is 0 Å². The summed E-state index contributed by atoms with van der Waals surface area (Å²) < 4.78 is 0. The summed E-state index contributed by atoms with van der Waals surface area (Å²) in [5.74, 6) is 0. The first-order chi connectivity index (χ1) is 13.9. The summed E-state index contributed by atoms with van der Waals surface area (Å²) in [5, 5.41) is 4.62. The maximum atomic E-state index is 2.37. The van der Waals surface area contributed by atoms with Crippen LogP contribution in [0.4, 0.5) is 0 Å². The van der Waals surface area contributed by atoms with Crippen LogP contribution in [0.5, 0.6) is 0 Å². The van der Waals surface area contributed by atoms with Gasteiger partial charge >= 0.3 is 172 Å². The van der Waals surface area contributed by atoms with Crippen LogP contribution < -0.4 is 15.9 Å². The number of hydrogen-bond acceptors (Lipinski definition) is 0. The molecule has 3 rings (SSSR count). The maximum absolute atomic E-state index is 2.37. The molecule has 0 N–H and O–H groups in total. The van der Waals surface area contributed by atoms with Gasteiger partial charge in [-0.05, 0) is 0 Å². The van der Waals surface area contributed by atoms with Crippen molar-refractivity contribution < 1.29 is 0 Å². The van der Waals surface area contributed by atoms with E-state index in [-0.39, 0.29) is 17.0 Å². The molecule has 156 valence electrons. The molecule has 0 nitrogen and oxygen atoms in total. The van der Waals surface area contributed by atoms with E-state index in [4.69, 9.17) is 0 Å². The quantitative estimate of drug-likeness (QED) is 0.208. The summed E-state index contributed by atoms with van der Waals surface area (Å²) in [7, 11) is -2.00. The van der Waals surface area contributed by atoms with Gasteiger partial charge in [0.25, 0.3) is 0 Å². The molecule has 29 heavy (non-hydrogen) atoms. The number of benzene rings is 3. The molecule has 0 aliphatic heterocycles. The van der Waals surface area contributed by atoms with Crippen molar-refractivity contribution >= 4 is 40.2 Å². The summed E-state index contributed by atoms with van der Waals surface area (Å²) in [4.78, 5) is 0. The molecule has 0 unspecified atom stereocenters. The van der Waals surface area contributed by atoms with Crippen LogP contribution in [0.15, 0.2) is 91.0 Å². The van der Waals surface area contributed by atoms with E-state index in [9.17, 15) is 0 Å². The van der Waals surface area contributed by atoms with Gasteiger partial charge in [0.1, 0.15) is 0 Å². The molecule has 0 aliphatic rings. The number of hydrogen-bond donors (Lipinski definition) is 0. The Kier molecular flexibility index (Phi) is 10.7. The predicted molar refractivity (Wildman–Crippen MR) is 140 cm³/mol. The molecular formula is C27H36BrP. The molecule has 3 aromatic carbocycles. The van der Waals surface area contributed by atoms with Crippen LogP contribution in [-0.2, 0) is 0 Å². The van der Waals surface area contributed by atoms with Crippen molar-refractivity contribution in [3.05, 3.63) is 91.0 Å². The van der Waals surface area contributed by atoms with Crippen LogP contribution in [0.1, 0.15) is 51.9 Å². The topological polar surface area (TPSA) is 0 Å². The van der Waals surface area contributed by atoms with Crippen molar-refractivity contribution in [2.24, 2.45) is 0 Å². The average Bonchev–Trinajstić information content (AvgIpc) is 2.78. The summed E-state index contributed by atoms with van der Waals surface area (Å²) in [5.41, 5.74) is 0. The van der Waals surface area contributed by atoms with Crippen LogP contribution in [0.25, 0.3) is 0 Å². The fraction of sp³-hybridized carbons (Fsp3) is 0.333. The predicted octanol–water partition coefficient (Wildman–Crippen LogP) is 7.04. The number of rotatable bonds is 11. The number of unbranched alkanes of at least 4 members (excludes halogenated alkanes) is 6. The second-order valence-electron chi connectivity index (χ2n) is 7.87. The second-order valence-corrected chi connectivity index (χ2v) is 11.9. The first-order valence-corrected chi connectivity index (χ1v) is 13.2. The Morgan fingerprint density at radius 1 is 0.483 bits per heavy atom. The van der Waals surface area contributed by atoms with Crippen LogP contribution in [-0.4, -0.2) is 6.16 Å². The average molecular weight is 471 g/mol. The first kappa shape index (κ1) is 23.8. The molecule has 0 radical (unpaired) electrons. The van der Waals surface area contributed by atoms with E-state index in [0.717, 1.165) is 0 Å². The zero-order valence-corrected chi connectivity index (χ0v) is 20.4. The molecule has 0 aliphatic carbocycles. The van der Waals surface area contributed by atoms with E-state index >= 15 is 0 Å². The molecule has 2 heteroatoms. The zero-order chi connectivity index (χ0) is 19.5. The van der Waals surface area contributed by atoms with Crippen molar-refractivity contribution in [2.75, 3.05) is 6.16 Å². The Labute approximate surface area is 188 Å². The Hall–Kier alpha value is -1.43. The molecule has 0 saturated heterocycles. The molecule has 0 spiro atoms. The Balaban J connectivity index is 0.00000300. The third kappa shape index (κ3) is 6.27. The van der Waals surface area contributed by atoms with Crippen LogP contribution >= 0.6 is 24.2 Å². The van der Waals surface area contributed by atoms with Crippen molar-refractivity contribution in [3.8, 4) is 0 Å². The minimum atomic E-state index is -2.00. The molecule has 0 heterocycles. The third-order valence-electron chi connectivity index (χ3n) is 5.96. The van der Waals surface area contributed by atoms with Crippen LogP contribution in [0, 0.1) is 0 Å². The minimum absolute atomic E-state index is 0. The fourth-order valence-electron chi connectivity index (χ4n) is 4.45. The zero-order valence-electron chi connectivity index (χ0n) is 17.7. The van der Waals surface area contributed by atoms with Crippen molar-refractivity contribution in [1.29, 1.82) is 0 Å². The standard InChI is InChI=1S/C27H35P.BrH/c1-2-3-4-5-6-7-17-24-28(25-18-11-8-12-19-25,26-20-13-9-14-21-26)27-22-15-10-16-23-27;/h8-16,18-23,28H,2-7,17,24H2,1H3;1H. The summed E-state index contributed by atoms with van der Waals surface area (Å²) in [6.07, 6.45) is 10.8. The third-order valence-corrected chi connectivity index (χ3v) is 11.0. The first-order valence-electron chi connectivity index (χ1n) is 11.0. The molecule has 0 atom stereocenters. The van der Waals surface area contributed by atoms with Gasteiger partial charge in [0, 0.05) is 0 Å².